The monoisotopic (exact) mass is 338 g/mol. The predicted octanol–water partition coefficient (Wildman–Crippen LogP) is 3.79. The van der Waals surface area contributed by atoms with Crippen molar-refractivity contribution in [2.75, 3.05) is 19.6 Å². The van der Waals surface area contributed by atoms with Crippen molar-refractivity contribution in [1.29, 1.82) is 0 Å². The first kappa shape index (κ1) is 19.4. The molecule has 1 amide bonds. The minimum Gasteiger partial charge on any atom is -0.354 e. The zero-order valence-corrected chi connectivity index (χ0v) is 15.9. The summed E-state index contributed by atoms with van der Waals surface area (Å²) in [6.45, 7) is 9.43. The number of nitrogens with one attached hydrogen (secondary N) is 1. The van der Waals surface area contributed by atoms with Crippen LogP contribution in [0.2, 0.25) is 0 Å². The molecule has 2 aliphatic rings. The van der Waals surface area contributed by atoms with Gasteiger partial charge in [-0.25, -0.2) is 0 Å². The molecule has 0 unspecified atom stereocenters. The Bertz CT molecular complexity index is 421. The van der Waals surface area contributed by atoms with Gasteiger partial charge in [-0.1, -0.05) is 6.92 Å². The van der Waals surface area contributed by atoms with E-state index in [0.29, 0.717) is 17.6 Å². The van der Waals surface area contributed by atoms with E-state index in [9.17, 15) is 9.59 Å². The van der Waals surface area contributed by atoms with Gasteiger partial charge in [0.1, 0.15) is 5.78 Å². The second-order valence-electron chi connectivity index (χ2n) is 8.27. The average molecular weight is 339 g/mol. The van der Waals surface area contributed by atoms with E-state index < -0.39 is 0 Å². The summed E-state index contributed by atoms with van der Waals surface area (Å²) in [6, 6.07) is 0.246. The fraction of sp³-hybridized carbons (Fsp3) is 0.900. The Kier molecular flexibility index (Phi) is 7.27. The van der Waals surface area contributed by atoms with Gasteiger partial charge in [-0.05, 0) is 83.8 Å². The van der Waals surface area contributed by atoms with Gasteiger partial charge in [0.2, 0.25) is 5.91 Å². The van der Waals surface area contributed by atoms with Crippen LogP contribution in [-0.4, -0.2) is 42.3 Å². The maximum atomic E-state index is 12.2. The third-order valence-electron chi connectivity index (χ3n) is 6.09. The topological polar surface area (TPSA) is 49.4 Å². The number of likely N-dealkylation sites (tertiary alicyclic amines) is 1. The van der Waals surface area contributed by atoms with Crippen LogP contribution in [0.5, 0.6) is 0 Å². The molecule has 1 saturated carbocycles. The Morgan fingerprint density at radius 2 is 1.79 bits per heavy atom. The number of rotatable bonds is 7. The quantitative estimate of drug-likeness (QED) is 0.768. The highest BCUT2D eigenvalue weighted by molar-refractivity contribution is 5.79. The maximum absolute atomic E-state index is 12.2. The van der Waals surface area contributed by atoms with Gasteiger partial charge in [0.05, 0.1) is 0 Å². The molecule has 1 N–H and O–H groups in total. The van der Waals surface area contributed by atoms with Gasteiger partial charge in [-0.15, -0.1) is 0 Å². The highest BCUT2D eigenvalue weighted by Crippen LogP contribution is 2.46. The molecule has 4 nitrogen and oxygen atoms in total. The molecule has 2 rings (SSSR count). The third-order valence-corrected chi connectivity index (χ3v) is 6.09. The Balaban J connectivity index is 0.00000312. The summed E-state index contributed by atoms with van der Waals surface area (Å²) < 4.78 is 0. The van der Waals surface area contributed by atoms with Crippen molar-refractivity contribution in [3.05, 3.63) is 0 Å². The molecule has 1 heterocycles. The summed E-state index contributed by atoms with van der Waals surface area (Å²) in [5, 5.41) is 3.07. The number of carbonyl (C=O) groups is 2. The number of amides is 1. The fourth-order valence-corrected chi connectivity index (χ4v) is 4.32. The Morgan fingerprint density at radius 3 is 2.33 bits per heavy atom. The van der Waals surface area contributed by atoms with E-state index >= 15 is 0 Å². The van der Waals surface area contributed by atoms with Gasteiger partial charge in [-0.2, -0.15) is 0 Å². The molecule has 2 fully saturated rings. The molecular formula is C20H38N2O2. The second kappa shape index (κ2) is 8.98. The van der Waals surface area contributed by atoms with Crippen molar-refractivity contribution in [1.82, 2.24) is 10.2 Å². The van der Waals surface area contributed by atoms with E-state index in [-0.39, 0.29) is 19.3 Å². The molecule has 1 aliphatic heterocycles. The lowest BCUT2D eigenvalue weighted by molar-refractivity contribution is -0.127. The van der Waals surface area contributed by atoms with Gasteiger partial charge < -0.3 is 10.2 Å². The van der Waals surface area contributed by atoms with Gasteiger partial charge in [0, 0.05) is 26.2 Å². The van der Waals surface area contributed by atoms with Crippen LogP contribution >= 0.6 is 0 Å². The van der Waals surface area contributed by atoms with Crippen LogP contribution in [0.4, 0.5) is 0 Å². The van der Waals surface area contributed by atoms with Gasteiger partial charge in [0.25, 0.3) is 0 Å². The minimum atomic E-state index is 0. The number of nitrogens with zero attached hydrogens (tertiary/aromatic N) is 1. The summed E-state index contributed by atoms with van der Waals surface area (Å²) in [5.41, 5.74) is 0.490. The van der Waals surface area contributed by atoms with Crippen molar-refractivity contribution >= 4 is 11.7 Å². The van der Waals surface area contributed by atoms with Crippen LogP contribution in [-0.2, 0) is 9.59 Å². The molecule has 1 aliphatic carbocycles. The maximum Gasteiger partial charge on any atom is 0.223 e. The van der Waals surface area contributed by atoms with Crippen molar-refractivity contribution in [3.63, 3.8) is 0 Å². The molecular weight excluding hydrogens is 300 g/mol. The van der Waals surface area contributed by atoms with Crippen molar-refractivity contribution in [3.8, 4) is 0 Å². The lowest BCUT2D eigenvalue weighted by Crippen LogP contribution is -2.44. The Hall–Kier alpha value is -0.900. The normalized spacial score (nSPS) is 22.0. The molecule has 140 valence electrons. The second-order valence-corrected chi connectivity index (χ2v) is 8.27. The number of ketones is 1. The number of piperidine rings is 1. The van der Waals surface area contributed by atoms with Crippen LogP contribution < -0.4 is 5.32 Å². The van der Waals surface area contributed by atoms with Crippen LogP contribution in [0.3, 0.4) is 0 Å². The fourth-order valence-electron chi connectivity index (χ4n) is 4.32. The summed E-state index contributed by atoms with van der Waals surface area (Å²) >= 11 is 0. The van der Waals surface area contributed by atoms with E-state index in [4.69, 9.17) is 0 Å². The molecule has 1 saturated heterocycles. The summed E-state index contributed by atoms with van der Waals surface area (Å²) in [6.07, 6.45) is 9.51. The zero-order valence-electron chi connectivity index (χ0n) is 15.9. The molecule has 0 aromatic carbocycles. The molecule has 0 aromatic heterocycles. The molecule has 0 aromatic rings. The van der Waals surface area contributed by atoms with Crippen molar-refractivity contribution in [2.45, 2.75) is 84.6 Å². The molecule has 0 radical (unpaired) electrons. The van der Waals surface area contributed by atoms with E-state index in [0.717, 1.165) is 32.2 Å². The van der Waals surface area contributed by atoms with Crippen molar-refractivity contribution in [2.24, 2.45) is 11.3 Å². The lowest BCUT2D eigenvalue weighted by atomic mass is 9.65. The smallest absolute Gasteiger partial charge is 0.223 e. The van der Waals surface area contributed by atoms with Gasteiger partial charge >= 0.3 is 0 Å². The molecule has 0 atom stereocenters. The third kappa shape index (κ3) is 5.58. The lowest BCUT2D eigenvalue weighted by Gasteiger charge is -2.45. The Morgan fingerprint density at radius 1 is 1.17 bits per heavy atom. The molecule has 24 heavy (non-hydrogen) atoms. The number of carbonyl (C=O) groups excluding carboxylic acids is 2. The number of Topliss-reactive ketones (excluding diaryl/α,β-unsaturated/α-hetero) is 1. The highest BCUT2D eigenvalue weighted by Gasteiger charge is 2.39. The highest BCUT2D eigenvalue weighted by atomic mass is 16.2. The van der Waals surface area contributed by atoms with Crippen LogP contribution in [0.1, 0.15) is 80.0 Å². The molecule has 1 spiro atoms. The number of hydrogen-bond donors (Lipinski definition) is 1. The number of hydrogen-bond acceptors (Lipinski definition) is 3. The van der Waals surface area contributed by atoms with E-state index in [2.05, 4.69) is 10.2 Å². The summed E-state index contributed by atoms with van der Waals surface area (Å²) in [4.78, 5) is 26.1. The SMILES string of the molecule is CCC(=O)CCCN1CCC2(CCC(C(=O)NC(C)C)CC2)CC1.[HH]. The summed E-state index contributed by atoms with van der Waals surface area (Å²) in [5.74, 6) is 0.885. The van der Waals surface area contributed by atoms with E-state index in [1.807, 2.05) is 20.8 Å². The van der Waals surface area contributed by atoms with Crippen LogP contribution in [0.25, 0.3) is 0 Å². The first-order valence-electron chi connectivity index (χ1n) is 9.98. The zero-order chi connectivity index (χ0) is 17.6. The average Bonchev–Trinajstić information content (AvgIpc) is 2.56. The Labute approximate surface area is 149 Å². The predicted molar refractivity (Wildman–Crippen MR) is 100.0 cm³/mol. The van der Waals surface area contributed by atoms with Crippen LogP contribution in [0, 0.1) is 11.3 Å². The van der Waals surface area contributed by atoms with Gasteiger partial charge in [0.15, 0.2) is 0 Å². The standard InChI is InChI=1S/C20H36N2O2.H2/c1-4-18(23)6-5-13-22-14-11-20(12-15-22)9-7-17(8-10-20)19(24)21-16(2)3;/h16-17H,4-15H2,1-3H3,(H,21,24);1H. The molecule has 0 bridgehead atoms. The van der Waals surface area contributed by atoms with Gasteiger partial charge in [-0.3, -0.25) is 9.59 Å². The molecule has 4 heteroatoms. The first-order valence-corrected chi connectivity index (χ1v) is 9.98. The van der Waals surface area contributed by atoms with Crippen molar-refractivity contribution < 1.29 is 11.0 Å². The van der Waals surface area contributed by atoms with E-state index in [1.54, 1.807) is 0 Å². The van der Waals surface area contributed by atoms with Crippen LogP contribution in [0.15, 0.2) is 0 Å². The largest absolute Gasteiger partial charge is 0.354 e. The first-order chi connectivity index (χ1) is 11.4. The van der Waals surface area contributed by atoms with E-state index in [1.165, 1.54) is 38.8 Å². The summed E-state index contributed by atoms with van der Waals surface area (Å²) in [7, 11) is 0. The minimum absolute atomic E-state index is 0.